The molecule has 3 aliphatic rings. The maximum atomic E-state index is 13.0. The second kappa shape index (κ2) is 12.2. The van der Waals surface area contributed by atoms with Gasteiger partial charge in [0.1, 0.15) is 6.23 Å². The fourth-order valence-corrected chi connectivity index (χ4v) is 6.60. The topological polar surface area (TPSA) is 97.8 Å². The number of amides is 2. The van der Waals surface area contributed by atoms with Crippen LogP contribution in [0.25, 0.3) is 0 Å². The quantitative estimate of drug-likeness (QED) is 0.431. The first-order valence-electron chi connectivity index (χ1n) is 14.0. The van der Waals surface area contributed by atoms with Crippen molar-refractivity contribution in [1.29, 1.82) is 0 Å². The highest BCUT2D eigenvalue weighted by Crippen LogP contribution is 2.36. The Morgan fingerprint density at radius 3 is 2.50 bits per heavy atom. The molecule has 5 rings (SSSR count). The summed E-state index contributed by atoms with van der Waals surface area (Å²) >= 11 is 0. The number of benzene rings is 1. The van der Waals surface area contributed by atoms with Gasteiger partial charge >= 0.3 is 6.18 Å². The number of alkyl halides is 3. The number of aliphatic hydroxyl groups is 1. The predicted molar refractivity (Wildman–Crippen MR) is 142 cm³/mol. The van der Waals surface area contributed by atoms with E-state index in [4.69, 9.17) is 0 Å². The lowest BCUT2D eigenvalue weighted by molar-refractivity contribution is -0.137. The first-order chi connectivity index (χ1) is 19.2. The lowest BCUT2D eigenvalue weighted by Crippen LogP contribution is -2.48. The molecule has 1 saturated carbocycles. The molecule has 2 aromatic rings. The van der Waals surface area contributed by atoms with Crippen LogP contribution in [-0.2, 0) is 17.4 Å². The number of halogens is 3. The van der Waals surface area contributed by atoms with Gasteiger partial charge in [-0.15, -0.1) is 0 Å². The molecule has 1 aliphatic carbocycles. The normalized spacial score (nSPS) is 25.9. The van der Waals surface area contributed by atoms with Crippen LogP contribution in [-0.4, -0.2) is 81.7 Å². The molecule has 216 valence electrons. The maximum Gasteiger partial charge on any atom is 0.416 e. The maximum absolute atomic E-state index is 13.0. The average molecular weight is 560 g/mol. The number of hydrogen-bond acceptors (Lipinski definition) is 6. The number of fused-ring (bicyclic) bond motifs is 1. The molecule has 3 fully saturated rings. The first-order valence-corrected chi connectivity index (χ1v) is 14.0. The summed E-state index contributed by atoms with van der Waals surface area (Å²) in [7, 11) is 0. The SMILES string of the molecule is O=C(NCC(=O)N1CC[C@@H]2[C@H]1CCN2C1CCC(NC(O)Cc2ccccn2)CC1)c1cccc(C(F)(F)F)c1. The summed E-state index contributed by atoms with van der Waals surface area (Å²) in [6, 6.07) is 11.0. The summed E-state index contributed by atoms with van der Waals surface area (Å²) in [6.07, 6.45) is 2.78. The zero-order chi connectivity index (χ0) is 28.3. The number of aliphatic hydroxyl groups excluding tert-OH is 1. The Kier molecular flexibility index (Phi) is 8.72. The van der Waals surface area contributed by atoms with E-state index in [1.54, 1.807) is 6.20 Å². The van der Waals surface area contributed by atoms with Gasteiger partial charge in [-0.2, -0.15) is 13.2 Å². The number of aromatic nitrogens is 1. The smallest absolute Gasteiger partial charge is 0.378 e. The van der Waals surface area contributed by atoms with Crippen LogP contribution in [0.5, 0.6) is 0 Å². The number of rotatable bonds is 8. The Morgan fingerprint density at radius 1 is 1.00 bits per heavy atom. The molecule has 2 aliphatic heterocycles. The third kappa shape index (κ3) is 6.64. The van der Waals surface area contributed by atoms with E-state index in [-0.39, 0.29) is 36.1 Å². The number of pyridine rings is 1. The Labute approximate surface area is 231 Å². The summed E-state index contributed by atoms with van der Waals surface area (Å²) in [4.78, 5) is 34.1. The van der Waals surface area contributed by atoms with Crippen molar-refractivity contribution in [2.45, 2.75) is 81.5 Å². The van der Waals surface area contributed by atoms with Gasteiger partial charge in [0.15, 0.2) is 0 Å². The molecular weight excluding hydrogens is 523 g/mol. The fourth-order valence-electron chi connectivity index (χ4n) is 6.60. The highest BCUT2D eigenvalue weighted by molar-refractivity contribution is 5.96. The van der Waals surface area contributed by atoms with Crippen LogP contribution in [0.15, 0.2) is 48.7 Å². The molecule has 3 N–H and O–H groups in total. The predicted octanol–water partition coefficient (Wildman–Crippen LogP) is 2.97. The Hall–Kier alpha value is -3.02. The summed E-state index contributed by atoms with van der Waals surface area (Å²) in [5.74, 6) is -0.900. The van der Waals surface area contributed by atoms with E-state index in [1.165, 1.54) is 12.1 Å². The van der Waals surface area contributed by atoms with Crippen LogP contribution in [0, 0.1) is 0 Å². The van der Waals surface area contributed by atoms with Crippen LogP contribution in [0.4, 0.5) is 13.2 Å². The molecule has 8 nitrogen and oxygen atoms in total. The zero-order valence-electron chi connectivity index (χ0n) is 22.3. The molecule has 3 heterocycles. The van der Waals surface area contributed by atoms with Gasteiger partial charge in [-0.1, -0.05) is 12.1 Å². The molecule has 0 spiro atoms. The van der Waals surface area contributed by atoms with E-state index in [0.29, 0.717) is 19.0 Å². The van der Waals surface area contributed by atoms with Crippen molar-refractivity contribution in [2.75, 3.05) is 19.6 Å². The molecule has 1 unspecified atom stereocenters. The average Bonchev–Trinajstić information content (AvgIpc) is 3.55. The molecule has 2 saturated heterocycles. The Bertz CT molecular complexity index is 1170. The van der Waals surface area contributed by atoms with Gasteiger partial charge in [0.2, 0.25) is 5.91 Å². The molecule has 3 atom stereocenters. The Morgan fingerprint density at radius 2 is 1.77 bits per heavy atom. The molecule has 0 bridgehead atoms. The fraction of sp³-hybridized carbons (Fsp3) is 0.552. The van der Waals surface area contributed by atoms with Gasteiger partial charge < -0.3 is 15.3 Å². The molecule has 1 aromatic carbocycles. The summed E-state index contributed by atoms with van der Waals surface area (Å²) in [5.41, 5.74) is -0.163. The van der Waals surface area contributed by atoms with Crippen molar-refractivity contribution in [3.8, 4) is 0 Å². The van der Waals surface area contributed by atoms with Crippen LogP contribution in [0.3, 0.4) is 0 Å². The van der Waals surface area contributed by atoms with Crippen molar-refractivity contribution >= 4 is 11.8 Å². The van der Waals surface area contributed by atoms with Crippen molar-refractivity contribution in [3.63, 3.8) is 0 Å². The van der Waals surface area contributed by atoms with Gasteiger partial charge in [0.05, 0.1) is 12.1 Å². The van der Waals surface area contributed by atoms with E-state index in [0.717, 1.165) is 62.9 Å². The lowest BCUT2D eigenvalue weighted by atomic mass is 9.89. The van der Waals surface area contributed by atoms with Crippen LogP contribution in [0.2, 0.25) is 0 Å². The minimum absolute atomic E-state index is 0.0917. The molecular formula is C29H36F3N5O3. The summed E-state index contributed by atoms with van der Waals surface area (Å²) in [6.45, 7) is 1.29. The van der Waals surface area contributed by atoms with E-state index in [2.05, 4.69) is 20.5 Å². The molecule has 40 heavy (non-hydrogen) atoms. The molecule has 0 radical (unpaired) electrons. The van der Waals surface area contributed by atoms with Gasteiger partial charge in [0.25, 0.3) is 5.91 Å². The second-order valence-electron chi connectivity index (χ2n) is 11.0. The van der Waals surface area contributed by atoms with Crippen molar-refractivity contribution in [1.82, 2.24) is 25.4 Å². The first kappa shape index (κ1) is 28.5. The van der Waals surface area contributed by atoms with Gasteiger partial charge in [-0.25, -0.2) is 0 Å². The zero-order valence-corrected chi connectivity index (χ0v) is 22.3. The third-order valence-corrected chi connectivity index (χ3v) is 8.51. The van der Waals surface area contributed by atoms with Crippen molar-refractivity contribution in [2.24, 2.45) is 0 Å². The monoisotopic (exact) mass is 559 g/mol. The largest absolute Gasteiger partial charge is 0.416 e. The number of hydrogen-bond donors (Lipinski definition) is 3. The number of carbonyl (C=O) groups is 2. The molecule has 2 amide bonds. The number of nitrogens with one attached hydrogen (secondary N) is 2. The van der Waals surface area contributed by atoms with Crippen LogP contribution in [0.1, 0.15) is 60.1 Å². The van der Waals surface area contributed by atoms with Gasteiger partial charge in [-0.05, 0) is 68.9 Å². The molecule has 11 heteroatoms. The van der Waals surface area contributed by atoms with Gasteiger partial charge in [0, 0.05) is 61.1 Å². The second-order valence-corrected chi connectivity index (χ2v) is 11.0. The highest BCUT2D eigenvalue weighted by atomic mass is 19.4. The van der Waals surface area contributed by atoms with E-state index in [9.17, 15) is 27.9 Å². The Balaban J connectivity index is 1.07. The summed E-state index contributed by atoms with van der Waals surface area (Å²) < 4.78 is 38.9. The molecule has 1 aromatic heterocycles. The van der Waals surface area contributed by atoms with Crippen molar-refractivity contribution < 1.29 is 27.9 Å². The van der Waals surface area contributed by atoms with Crippen LogP contribution < -0.4 is 10.6 Å². The van der Waals surface area contributed by atoms with E-state index >= 15 is 0 Å². The number of carbonyl (C=O) groups excluding carboxylic acids is 2. The highest BCUT2D eigenvalue weighted by Gasteiger charge is 2.46. The van der Waals surface area contributed by atoms with Crippen LogP contribution >= 0.6 is 0 Å². The minimum Gasteiger partial charge on any atom is -0.378 e. The number of likely N-dealkylation sites (tertiary alicyclic amines) is 2. The van der Waals surface area contributed by atoms with E-state index in [1.807, 2.05) is 23.1 Å². The summed E-state index contributed by atoms with van der Waals surface area (Å²) in [5, 5.41) is 16.3. The van der Waals surface area contributed by atoms with Gasteiger partial charge in [-0.3, -0.25) is 24.8 Å². The standard InChI is InChI=1S/C29H36F3N5O3/c30-29(31,32)20-5-3-4-19(16-20)28(40)34-18-27(39)37-15-12-24-25(37)11-14-36(24)23-9-7-21(8-10-23)35-26(38)17-22-6-1-2-13-33-22/h1-6,13,16,21,23-26,35,38H,7-12,14-15,17-18H2,(H,34,40)/t21?,23?,24-,25-,26?/m1/s1. The van der Waals surface area contributed by atoms with Crippen molar-refractivity contribution in [3.05, 3.63) is 65.5 Å². The minimum atomic E-state index is -4.54. The number of nitrogens with zero attached hydrogens (tertiary/aromatic N) is 3. The van der Waals surface area contributed by atoms with E-state index < -0.39 is 23.9 Å². The third-order valence-electron chi connectivity index (χ3n) is 8.51. The lowest BCUT2D eigenvalue weighted by Gasteiger charge is -2.38.